The van der Waals surface area contributed by atoms with Crippen LogP contribution in [0.3, 0.4) is 0 Å². The molecule has 0 atom stereocenters. The van der Waals surface area contributed by atoms with E-state index >= 15 is 0 Å². The van der Waals surface area contributed by atoms with Gasteiger partial charge < -0.3 is 0 Å². The SMILES string of the molecule is Cc1cc(C(=O)c2ccnc(Cl)c2)ccc1F. The zero-order valence-electron chi connectivity index (χ0n) is 9.08. The second-order valence-corrected chi connectivity index (χ2v) is 4.05. The summed E-state index contributed by atoms with van der Waals surface area (Å²) in [5.74, 6) is -0.522. The van der Waals surface area contributed by atoms with Gasteiger partial charge in [-0.15, -0.1) is 0 Å². The Balaban J connectivity index is 2.40. The average Bonchev–Trinajstić information content (AvgIpc) is 2.32. The van der Waals surface area contributed by atoms with Crippen LogP contribution in [0.4, 0.5) is 4.39 Å². The normalized spacial score (nSPS) is 10.3. The molecule has 4 heteroatoms. The van der Waals surface area contributed by atoms with Crippen LogP contribution in [-0.2, 0) is 0 Å². The number of rotatable bonds is 2. The predicted molar refractivity (Wildman–Crippen MR) is 63.8 cm³/mol. The quantitative estimate of drug-likeness (QED) is 0.603. The van der Waals surface area contributed by atoms with Crippen molar-refractivity contribution in [3.05, 3.63) is 64.2 Å². The number of hydrogen-bond donors (Lipinski definition) is 0. The van der Waals surface area contributed by atoms with Crippen molar-refractivity contribution in [2.24, 2.45) is 0 Å². The van der Waals surface area contributed by atoms with E-state index in [-0.39, 0.29) is 16.8 Å². The molecule has 0 aliphatic carbocycles. The van der Waals surface area contributed by atoms with Crippen LogP contribution in [0.1, 0.15) is 21.5 Å². The molecule has 0 radical (unpaired) electrons. The predicted octanol–water partition coefficient (Wildman–Crippen LogP) is 3.41. The van der Waals surface area contributed by atoms with E-state index in [1.807, 2.05) is 0 Å². The monoisotopic (exact) mass is 249 g/mol. The lowest BCUT2D eigenvalue weighted by Gasteiger charge is -2.03. The molecule has 0 N–H and O–H groups in total. The van der Waals surface area contributed by atoms with Crippen LogP contribution in [0, 0.1) is 12.7 Å². The molecule has 1 aromatic carbocycles. The van der Waals surface area contributed by atoms with Gasteiger partial charge in [-0.2, -0.15) is 0 Å². The summed E-state index contributed by atoms with van der Waals surface area (Å²) < 4.78 is 13.1. The van der Waals surface area contributed by atoms with Crippen molar-refractivity contribution in [1.29, 1.82) is 0 Å². The molecule has 0 bridgehead atoms. The van der Waals surface area contributed by atoms with Crippen LogP contribution in [0.15, 0.2) is 36.5 Å². The molecule has 2 aromatic rings. The fourth-order valence-corrected chi connectivity index (χ4v) is 1.67. The Kier molecular flexibility index (Phi) is 3.20. The van der Waals surface area contributed by atoms with Gasteiger partial charge >= 0.3 is 0 Å². The highest BCUT2D eigenvalue weighted by Crippen LogP contribution is 2.15. The lowest BCUT2D eigenvalue weighted by Crippen LogP contribution is -2.02. The molecular weight excluding hydrogens is 241 g/mol. The molecule has 2 nitrogen and oxygen atoms in total. The Hall–Kier alpha value is -1.74. The maximum absolute atomic E-state index is 13.1. The zero-order chi connectivity index (χ0) is 12.4. The Morgan fingerprint density at radius 3 is 2.59 bits per heavy atom. The third-order valence-corrected chi connectivity index (χ3v) is 2.62. The molecular formula is C13H9ClFNO. The highest BCUT2D eigenvalue weighted by molar-refractivity contribution is 6.29. The van der Waals surface area contributed by atoms with E-state index < -0.39 is 0 Å². The van der Waals surface area contributed by atoms with E-state index in [0.29, 0.717) is 16.7 Å². The molecule has 0 saturated carbocycles. The molecule has 0 amide bonds. The minimum Gasteiger partial charge on any atom is -0.289 e. The Labute approximate surface area is 103 Å². The maximum atomic E-state index is 13.1. The number of carbonyl (C=O) groups excluding carboxylic acids is 1. The lowest BCUT2D eigenvalue weighted by molar-refractivity contribution is 0.103. The first-order valence-corrected chi connectivity index (χ1v) is 5.38. The minimum absolute atomic E-state index is 0.197. The van der Waals surface area contributed by atoms with Gasteiger partial charge in [-0.1, -0.05) is 11.6 Å². The number of pyridine rings is 1. The summed E-state index contributed by atoms with van der Waals surface area (Å²) in [7, 11) is 0. The van der Waals surface area contributed by atoms with Gasteiger partial charge in [0, 0.05) is 17.3 Å². The zero-order valence-corrected chi connectivity index (χ0v) is 9.83. The summed E-state index contributed by atoms with van der Waals surface area (Å²) >= 11 is 5.71. The van der Waals surface area contributed by atoms with Crippen LogP contribution in [0.25, 0.3) is 0 Å². The highest BCUT2D eigenvalue weighted by atomic mass is 35.5. The summed E-state index contributed by atoms with van der Waals surface area (Å²) in [6, 6.07) is 7.33. The number of aryl methyl sites for hydroxylation is 1. The van der Waals surface area contributed by atoms with E-state index in [2.05, 4.69) is 4.98 Å². The number of aromatic nitrogens is 1. The van der Waals surface area contributed by atoms with Gasteiger partial charge in [0.15, 0.2) is 5.78 Å². The van der Waals surface area contributed by atoms with Crippen LogP contribution < -0.4 is 0 Å². The van der Waals surface area contributed by atoms with Gasteiger partial charge in [0.2, 0.25) is 0 Å². The summed E-state index contributed by atoms with van der Waals surface area (Å²) in [6.07, 6.45) is 1.46. The van der Waals surface area contributed by atoms with Gasteiger partial charge in [0.05, 0.1) is 0 Å². The van der Waals surface area contributed by atoms with Crippen molar-refractivity contribution < 1.29 is 9.18 Å². The minimum atomic E-state index is -0.325. The summed E-state index contributed by atoms with van der Waals surface area (Å²) in [5, 5.41) is 0.259. The first-order valence-electron chi connectivity index (χ1n) is 5.00. The fraction of sp³-hybridized carbons (Fsp3) is 0.0769. The number of nitrogens with zero attached hydrogens (tertiary/aromatic N) is 1. The second-order valence-electron chi connectivity index (χ2n) is 3.66. The molecule has 17 heavy (non-hydrogen) atoms. The van der Waals surface area contributed by atoms with E-state index in [0.717, 1.165) is 0 Å². The maximum Gasteiger partial charge on any atom is 0.193 e. The Morgan fingerprint density at radius 2 is 1.94 bits per heavy atom. The van der Waals surface area contributed by atoms with Crippen molar-refractivity contribution in [2.45, 2.75) is 6.92 Å². The van der Waals surface area contributed by atoms with Crippen molar-refractivity contribution in [3.8, 4) is 0 Å². The van der Waals surface area contributed by atoms with Crippen molar-refractivity contribution in [1.82, 2.24) is 4.98 Å². The van der Waals surface area contributed by atoms with Crippen LogP contribution in [-0.4, -0.2) is 10.8 Å². The van der Waals surface area contributed by atoms with Crippen LogP contribution in [0.2, 0.25) is 5.15 Å². The van der Waals surface area contributed by atoms with Crippen LogP contribution >= 0.6 is 11.6 Å². The van der Waals surface area contributed by atoms with Crippen LogP contribution in [0.5, 0.6) is 0 Å². The van der Waals surface area contributed by atoms with Gasteiger partial charge in [-0.05, 0) is 42.8 Å². The van der Waals surface area contributed by atoms with E-state index in [9.17, 15) is 9.18 Å². The molecule has 1 aromatic heterocycles. The molecule has 1 heterocycles. The first-order chi connectivity index (χ1) is 8.08. The van der Waals surface area contributed by atoms with Gasteiger partial charge in [-0.25, -0.2) is 9.37 Å². The Morgan fingerprint density at radius 1 is 1.24 bits per heavy atom. The first kappa shape index (κ1) is 11.7. The number of ketones is 1. The van der Waals surface area contributed by atoms with Crippen molar-refractivity contribution in [3.63, 3.8) is 0 Å². The summed E-state index contributed by atoms with van der Waals surface area (Å²) in [6.45, 7) is 1.62. The van der Waals surface area contributed by atoms with E-state index in [1.165, 1.54) is 30.5 Å². The number of halogens is 2. The van der Waals surface area contributed by atoms with Crippen molar-refractivity contribution in [2.75, 3.05) is 0 Å². The third-order valence-electron chi connectivity index (χ3n) is 2.41. The molecule has 0 unspecified atom stereocenters. The molecule has 0 fully saturated rings. The molecule has 0 aliphatic heterocycles. The molecule has 0 aliphatic rings. The van der Waals surface area contributed by atoms with Gasteiger partial charge in [0.1, 0.15) is 11.0 Å². The molecule has 86 valence electrons. The summed E-state index contributed by atoms with van der Waals surface area (Å²) in [4.78, 5) is 15.9. The number of hydrogen-bond acceptors (Lipinski definition) is 2. The van der Waals surface area contributed by atoms with Gasteiger partial charge in [0.25, 0.3) is 0 Å². The average molecular weight is 250 g/mol. The van der Waals surface area contributed by atoms with E-state index in [4.69, 9.17) is 11.6 Å². The molecule has 2 rings (SSSR count). The third kappa shape index (κ3) is 2.50. The fourth-order valence-electron chi connectivity index (χ4n) is 1.50. The summed E-state index contributed by atoms with van der Waals surface area (Å²) in [5.41, 5.74) is 1.32. The number of carbonyl (C=O) groups is 1. The van der Waals surface area contributed by atoms with Gasteiger partial charge in [-0.3, -0.25) is 4.79 Å². The number of benzene rings is 1. The largest absolute Gasteiger partial charge is 0.289 e. The smallest absolute Gasteiger partial charge is 0.193 e. The Bertz CT molecular complexity index is 583. The molecule has 0 saturated heterocycles. The molecule has 0 spiro atoms. The highest BCUT2D eigenvalue weighted by Gasteiger charge is 2.11. The standard InChI is InChI=1S/C13H9ClFNO/c1-8-6-9(2-3-11(8)15)13(17)10-4-5-16-12(14)7-10/h2-7H,1H3. The van der Waals surface area contributed by atoms with Crippen molar-refractivity contribution >= 4 is 17.4 Å². The topological polar surface area (TPSA) is 30.0 Å². The second kappa shape index (κ2) is 4.63. The van der Waals surface area contributed by atoms with E-state index in [1.54, 1.807) is 13.0 Å². The lowest BCUT2D eigenvalue weighted by atomic mass is 10.0.